The third-order valence-electron chi connectivity index (χ3n) is 4.70. The normalized spacial score (nSPS) is 29.3. The molecule has 0 radical (unpaired) electrons. The number of amides is 1. The number of anilines is 1. The van der Waals surface area contributed by atoms with Gasteiger partial charge in [0, 0.05) is 18.5 Å². The van der Waals surface area contributed by atoms with E-state index in [1.807, 2.05) is 45.0 Å². The van der Waals surface area contributed by atoms with Crippen LogP contribution in [0.15, 0.2) is 24.3 Å². The highest BCUT2D eigenvalue weighted by molar-refractivity contribution is 5.97. The highest BCUT2D eigenvalue weighted by Gasteiger charge is 2.56. The number of esters is 1. The first-order chi connectivity index (χ1) is 10.8. The van der Waals surface area contributed by atoms with Crippen LogP contribution in [0.1, 0.15) is 38.7 Å². The monoisotopic (exact) mass is 317 g/mol. The molecule has 1 spiro atoms. The van der Waals surface area contributed by atoms with Crippen LogP contribution >= 0.6 is 0 Å². The van der Waals surface area contributed by atoms with Crippen molar-refractivity contribution in [3.63, 3.8) is 0 Å². The molecule has 23 heavy (non-hydrogen) atoms. The number of ether oxygens (including phenoxy) is 2. The van der Waals surface area contributed by atoms with Crippen molar-refractivity contribution in [3.05, 3.63) is 29.8 Å². The van der Waals surface area contributed by atoms with Crippen LogP contribution in [0.5, 0.6) is 0 Å². The molecule has 2 fully saturated rings. The van der Waals surface area contributed by atoms with Gasteiger partial charge in [0.15, 0.2) is 0 Å². The number of benzene rings is 1. The van der Waals surface area contributed by atoms with Gasteiger partial charge in [-0.2, -0.15) is 0 Å². The minimum absolute atomic E-state index is 0.133. The first-order valence-electron chi connectivity index (χ1n) is 8.03. The van der Waals surface area contributed by atoms with Crippen LogP contribution in [-0.2, 0) is 19.1 Å². The highest BCUT2D eigenvalue weighted by Crippen LogP contribution is 2.45. The Morgan fingerprint density at radius 3 is 2.61 bits per heavy atom. The Bertz CT molecular complexity index is 622. The summed E-state index contributed by atoms with van der Waals surface area (Å²) in [6.45, 7) is 6.42. The molecule has 1 amide bonds. The molecular weight excluding hydrogens is 294 g/mol. The maximum atomic E-state index is 12.7. The van der Waals surface area contributed by atoms with Gasteiger partial charge in [0.2, 0.25) is 5.91 Å². The Kier molecular flexibility index (Phi) is 3.92. The fourth-order valence-electron chi connectivity index (χ4n) is 3.63. The summed E-state index contributed by atoms with van der Waals surface area (Å²) in [7, 11) is 0. The Labute approximate surface area is 136 Å². The molecule has 2 atom stereocenters. The SMILES string of the molecule is Cc1ccc(NC(=O)[C@@H]2CC(=O)O[C@@]23CCOC(C)(C)C3)cc1. The lowest BCUT2D eigenvalue weighted by atomic mass is 9.75. The van der Waals surface area contributed by atoms with Gasteiger partial charge in [0.25, 0.3) is 0 Å². The van der Waals surface area contributed by atoms with E-state index in [4.69, 9.17) is 9.47 Å². The van der Waals surface area contributed by atoms with E-state index in [1.54, 1.807) is 0 Å². The molecule has 0 saturated carbocycles. The van der Waals surface area contributed by atoms with Gasteiger partial charge in [-0.05, 0) is 32.9 Å². The second-order valence-corrected chi connectivity index (χ2v) is 7.19. The third-order valence-corrected chi connectivity index (χ3v) is 4.70. The van der Waals surface area contributed by atoms with E-state index in [9.17, 15) is 9.59 Å². The summed E-state index contributed by atoms with van der Waals surface area (Å²) in [4.78, 5) is 24.6. The van der Waals surface area contributed by atoms with E-state index in [0.29, 0.717) is 19.4 Å². The number of nitrogens with one attached hydrogen (secondary N) is 1. The molecule has 1 aromatic carbocycles. The summed E-state index contributed by atoms with van der Waals surface area (Å²) in [5.41, 5.74) is 0.727. The Morgan fingerprint density at radius 1 is 1.26 bits per heavy atom. The minimum Gasteiger partial charge on any atom is -0.458 e. The number of rotatable bonds is 2. The van der Waals surface area contributed by atoms with Gasteiger partial charge in [0.1, 0.15) is 5.60 Å². The molecule has 5 heteroatoms. The van der Waals surface area contributed by atoms with Gasteiger partial charge < -0.3 is 14.8 Å². The standard InChI is InChI=1S/C18H23NO4/c1-12-4-6-13(7-5-12)19-16(21)14-10-15(20)23-18(14)8-9-22-17(2,3)11-18/h4-7,14H,8-11H2,1-3H3,(H,19,21)/t14-,18+/m0/s1. The van der Waals surface area contributed by atoms with E-state index < -0.39 is 17.1 Å². The van der Waals surface area contributed by atoms with Gasteiger partial charge in [-0.1, -0.05) is 17.7 Å². The van der Waals surface area contributed by atoms with E-state index in [2.05, 4.69) is 5.32 Å². The number of aryl methyl sites for hydroxylation is 1. The van der Waals surface area contributed by atoms with Crippen molar-refractivity contribution >= 4 is 17.6 Å². The summed E-state index contributed by atoms with van der Waals surface area (Å²) >= 11 is 0. The summed E-state index contributed by atoms with van der Waals surface area (Å²) < 4.78 is 11.4. The van der Waals surface area contributed by atoms with Crippen molar-refractivity contribution < 1.29 is 19.1 Å². The van der Waals surface area contributed by atoms with Gasteiger partial charge in [-0.25, -0.2) is 0 Å². The van der Waals surface area contributed by atoms with Crippen LogP contribution < -0.4 is 5.32 Å². The molecule has 0 aliphatic carbocycles. The summed E-state index contributed by atoms with van der Waals surface area (Å²) in [5, 5.41) is 2.92. The average molecular weight is 317 g/mol. The molecule has 0 aromatic heterocycles. The van der Waals surface area contributed by atoms with Crippen molar-refractivity contribution in [2.75, 3.05) is 11.9 Å². The second kappa shape index (κ2) is 5.64. The molecule has 1 N–H and O–H groups in total. The Hall–Kier alpha value is -1.88. The average Bonchev–Trinajstić information content (AvgIpc) is 2.76. The smallest absolute Gasteiger partial charge is 0.307 e. The van der Waals surface area contributed by atoms with Crippen LogP contribution in [-0.4, -0.2) is 29.7 Å². The zero-order valence-corrected chi connectivity index (χ0v) is 13.8. The highest BCUT2D eigenvalue weighted by atomic mass is 16.6. The first kappa shape index (κ1) is 16.0. The van der Waals surface area contributed by atoms with Crippen molar-refractivity contribution in [2.24, 2.45) is 5.92 Å². The summed E-state index contributed by atoms with van der Waals surface area (Å²) in [5.74, 6) is -0.927. The fraction of sp³-hybridized carbons (Fsp3) is 0.556. The quantitative estimate of drug-likeness (QED) is 0.852. The number of carbonyl (C=O) groups is 2. The summed E-state index contributed by atoms with van der Waals surface area (Å²) in [6.07, 6.45) is 1.24. The maximum absolute atomic E-state index is 12.7. The lowest BCUT2D eigenvalue weighted by Crippen LogP contribution is -2.52. The largest absolute Gasteiger partial charge is 0.458 e. The van der Waals surface area contributed by atoms with Crippen molar-refractivity contribution in [2.45, 2.75) is 51.2 Å². The third kappa shape index (κ3) is 3.24. The van der Waals surface area contributed by atoms with Gasteiger partial charge >= 0.3 is 5.97 Å². The number of hydrogen-bond donors (Lipinski definition) is 1. The van der Waals surface area contributed by atoms with Gasteiger partial charge in [-0.3, -0.25) is 9.59 Å². The first-order valence-corrected chi connectivity index (χ1v) is 8.03. The molecule has 2 heterocycles. The predicted octanol–water partition coefficient (Wildman–Crippen LogP) is 2.82. The van der Waals surface area contributed by atoms with E-state index in [-0.39, 0.29) is 18.3 Å². The van der Waals surface area contributed by atoms with E-state index >= 15 is 0 Å². The topological polar surface area (TPSA) is 64.6 Å². The Morgan fingerprint density at radius 2 is 1.96 bits per heavy atom. The molecule has 1 aromatic rings. The lowest BCUT2D eigenvalue weighted by molar-refractivity contribution is -0.178. The van der Waals surface area contributed by atoms with Gasteiger partial charge in [0.05, 0.1) is 24.5 Å². The van der Waals surface area contributed by atoms with Crippen LogP contribution in [0.3, 0.4) is 0 Å². The minimum atomic E-state index is -0.742. The molecule has 5 nitrogen and oxygen atoms in total. The van der Waals surface area contributed by atoms with Crippen molar-refractivity contribution in [1.29, 1.82) is 0 Å². The molecule has 2 saturated heterocycles. The number of hydrogen-bond acceptors (Lipinski definition) is 4. The Balaban J connectivity index is 1.80. The zero-order chi connectivity index (χ0) is 16.7. The van der Waals surface area contributed by atoms with E-state index in [1.165, 1.54) is 0 Å². The molecule has 0 bridgehead atoms. The van der Waals surface area contributed by atoms with Crippen LogP contribution in [0.25, 0.3) is 0 Å². The van der Waals surface area contributed by atoms with E-state index in [0.717, 1.165) is 11.3 Å². The lowest BCUT2D eigenvalue weighted by Gasteiger charge is -2.43. The maximum Gasteiger partial charge on any atom is 0.307 e. The zero-order valence-electron chi connectivity index (χ0n) is 13.8. The molecule has 3 rings (SSSR count). The molecule has 124 valence electrons. The molecule has 0 unspecified atom stereocenters. The fourth-order valence-corrected chi connectivity index (χ4v) is 3.63. The van der Waals surface area contributed by atoms with Crippen molar-refractivity contribution in [1.82, 2.24) is 0 Å². The van der Waals surface area contributed by atoms with Crippen LogP contribution in [0.2, 0.25) is 0 Å². The molecule has 2 aliphatic heterocycles. The molecular formula is C18H23NO4. The summed E-state index contributed by atoms with van der Waals surface area (Å²) in [6, 6.07) is 7.62. The van der Waals surface area contributed by atoms with Crippen LogP contribution in [0.4, 0.5) is 5.69 Å². The van der Waals surface area contributed by atoms with Crippen molar-refractivity contribution in [3.8, 4) is 0 Å². The number of carbonyl (C=O) groups excluding carboxylic acids is 2. The van der Waals surface area contributed by atoms with Crippen LogP contribution in [0, 0.1) is 12.8 Å². The second-order valence-electron chi connectivity index (χ2n) is 7.19. The van der Waals surface area contributed by atoms with Gasteiger partial charge in [-0.15, -0.1) is 0 Å². The predicted molar refractivity (Wildman–Crippen MR) is 86.0 cm³/mol. The molecule has 2 aliphatic rings.